The van der Waals surface area contributed by atoms with Crippen LogP contribution in [0.15, 0.2) is 88.7 Å². The van der Waals surface area contributed by atoms with Crippen molar-refractivity contribution < 1.29 is 9.53 Å². The first kappa shape index (κ1) is 21.4. The number of nitrogens with zero attached hydrogens (tertiary/aromatic N) is 5. The first-order chi connectivity index (χ1) is 15.6. The van der Waals surface area contributed by atoms with Crippen molar-refractivity contribution in [3.8, 4) is 11.4 Å². The van der Waals surface area contributed by atoms with Gasteiger partial charge >= 0.3 is 0 Å². The number of benzene rings is 3. The lowest BCUT2D eigenvalue weighted by atomic mass is 10.1. The van der Waals surface area contributed by atoms with E-state index in [4.69, 9.17) is 4.74 Å². The molecule has 4 aromatic rings. The Balaban J connectivity index is 1.35. The normalized spacial score (nSPS) is 11.2. The van der Waals surface area contributed by atoms with Gasteiger partial charge in [-0.15, -0.1) is 5.10 Å². The number of aromatic nitrogens is 4. The van der Waals surface area contributed by atoms with Crippen molar-refractivity contribution in [2.24, 2.45) is 5.10 Å². The standard InChI is InChI=1S/C23H19BrN6O2/c1-16(19-3-2-4-21(13-19)30-15-25-28-29-30)26-27-23(31)18-7-5-17(6-8-18)14-32-22-11-9-20(24)10-12-22/h2-13,15H,14H2,1H3,(H,27,31)/b26-16-. The Bertz CT molecular complexity index is 1220. The fourth-order valence-electron chi connectivity index (χ4n) is 2.87. The Morgan fingerprint density at radius 1 is 1.06 bits per heavy atom. The molecule has 0 saturated carbocycles. The van der Waals surface area contributed by atoms with Gasteiger partial charge in [0, 0.05) is 10.0 Å². The predicted molar refractivity (Wildman–Crippen MR) is 124 cm³/mol. The van der Waals surface area contributed by atoms with E-state index in [1.54, 1.807) is 16.8 Å². The molecule has 160 valence electrons. The van der Waals surface area contributed by atoms with Crippen LogP contribution in [0.25, 0.3) is 5.69 Å². The third-order valence-electron chi connectivity index (χ3n) is 4.64. The summed E-state index contributed by atoms with van der Waals surface area (Å²) in [6.45, 7) is 2.24. The topological polar surface area (TPSA) is 94.3 Å². The molecule has 0 aliphatic rings. The van der Waals surface area contributed by atoms with Gasteiger partial charge in [-0.05, 0) is 77.0 Å². The van der Waals surface area contributed by atoms with E-state index in [2.05, 4.69) is 42.0 Å². The highest BCUT2D eigenvalue weighted by molar-refractivity contribution is 9.10. The zero-order valence-corrected chi connectivity index (χ0v) is 18.7. The van der Waals surface area contributed by atoms with Crippen LogP contribution in [0.4, 0.5) is 0 Å². The minimum absolute atomic E-state index is 0.290. The number of ether oxygens (including phenoxy) is 1. The molecule has 1 aromatic heterocycles. The smallest absolute Gasteiger partial charge is 0.271 e. The molecule has 1 amide bonds. The van der Waals surface area contributed by atoms with Gasteiger partial charge in [-0.25, -0.2) is 10.1 Å². The zero-order valence-electron chi connectivity index (χ0n) is 17.1. The number of carbonyl (C=O) groups is 1. The Hall–Kier alpha value is -3.85. The molecule has 0 unspecified atom stereocenters. The van der Waals surface area contributed by atoms with Crippen LogP contribution in [0.3, 0.4) is 0 Å². The van der Waals surface area contributed by atoms with E-state index in [0.29, 0.717) is 17.9 Å². The van der Waals surface area contributed by atoms with E-state index in [0.717, 1.165) is 27.0 Å². The molecule has 3 aromatic carbocycles. The third kappa shape index (κ3) is 5.44. The van der Waals surface area contributed by atoms with Crippen molar-refractivity contribution in [1.82, 2.24) is 25.6 Å². The maximum atomic E-state index is 12.5. The number of rotatable bonds is 7. The van der Waals surface area contributed by atoms with Crippen LogP contribution < -0.4 is 10.2 Å². The van der Waals surface area contributed by atoms with Gasteiger partial charge in [-0.1, -0.05) is 40.2 Å². The second kappa shape index (κ2) is 9.97. The van der Waals surface area contributed by atoms with E-state index >= 15 is 0 Å². The molecule has 8 nitrogen and oxygen atoms in total. The minimum Gasteiger partial charge on any atom is -0.489 e. The fourth-order valence-corrected chi connectivity index (χ4v) is 3.13. The molecule has 1 heterocycles. The van der Waals surface area contributed by atoms with Crippen molar-refractivity contribution in [2.45, 2.75) is 13.5 Å². The molecule has 0 atom stereocenters. The third-order valence-corrected chi connectivity index (χ3v) is 5.17. The van der Waals surface area contributed by atoms with Gasteiger partial charge in [0.25, 0.3) is 5.91 Å². The highest BCUT2D eigenvalue weighted by Gasteiger charge is 2.07. The maximum Gasteiger partial charge on any atom is 0.271 e. The molecule has 4 rings (SSSR count). The molecule has 0 aliphatic carbocycles. The quantitative estimate of drug-likeness (QED) is 0.310. The molecule has 0 saturated heterocycles. The van der Waals surface area contributed by atoms with Gasteiger partial charge in [-0.2, -0.15) is 5.10 Å². The summed E-state index contributed by atoms with van der Waals surface area (Å²) >= 11 is 3.40. The van der Waals surface area contributed by atoms with E-state index < -0.39 is 0 Å². The highest BCUT2D eigenvalue weighted by atomic mass is 79.9. The number of hydrogen-bond donors (Lipinski definition) is 1. The largest absolute Gasteiger partial charge is 0.489 e. The van der Waals surface area contributed by atoms with Crippen molar-refractivity contribution >= 4 is 27.5 Å². The summed E-state index contributed by atoms with van der Waals surface area (Å²) in [6, 6.07) is 22.4. The second-order valence-electron chi connectivity index (χ2n) is 6.88. The average molecular weight is 491 g/mol. The van der Waals surface area contributed by atoms with Crippen molar-refractivity contribution in [3.63, 3.8) is 0 Å². The molecule has 0 aliphatic heterocycles. The number of hydrogen-bond acceptors (Lipinski definition) is 6. The predicted octanol–water partition coefficient (Wildman–Crippen LogP) is 4.16. The van der Waals surface area contributed by atoms with Crippen molar-refractivity contribution in [2.75, 3.05) is 0 Å². The summed E-state index contributed by atoms with van der Waals surface area (Å²) in [5, 5.41) is 15.4. The van der Waals surface area contributed by atoms with Crippen LogP contribution in [-0.2, 0) is 6.61 Å². The van der Waals surface area contributed by atoms with Crippen molar-refractivity contribution in [3.05, 3.63) is 100 Å². The summed E-state index contributed by atoms with van der Waals surface area (Å²) in [5.74, 6) is 0.491. The Kier molecular flexibility index (Phi) is 6.66. The summed E-state index contributed by atoms with van der Waals surface area (Å²) < 4.78 is 8.31. The molecule has 1 N–H and O–H groups in total. The summed E-state index contributed by atoms with van der Waals surface area (Å²) in [5.41, 5.74) is 6.38. The lowest BCUT2D eigenvalue weighted by molar-refractivity contribution is 0.0955. The van der Waals surface area contributed by atoms with Gasteiger partial charge in [0.15, 0.2) is 0 Å². The SMILES string of the molecule is C/C(=N/NC(=O)c1ccc(COc2ccc(Br)cc2)cc1)c1cccc(-n2cnnn2)c1. The number of tetrazole rings is 1. The van der Waals surface area contributed by atoms with Crippen LogP contribution in [0.2, 0.25) is 0 Å². The van der Waals surface area contributed by atoms with E-state index in [-0.39, 0.29) is 5.91 Å². The average Bonchev–Trinajstić information content (AvgIpc) is 3.37. The molecule has 32 heavy (non-hydrogen) atoms. The number of amides is 1. The second-order valence-corrected chi connectivity index (χ2v) is 7.80. The minimum atomic E-state index is -0.290. The summed E-state index contributed by atoms with van der Waals surface area (Å²) in [6.07, 6.45) is 1.51. The first-order valence-corrected chi connectivity index (χ1v) is 10.5. The number of carbonyl (C=O) groups excluding carboxylic acids is 1. The molecule has 0 spiro atoms. The molecular formula is C23H19BrN6O2. The van der Waals surface area contributed by atoms with Gasteiger partial charge in [0.2, 0.25) is 0 Å². The van der Waals surface area contributed by atoms with Gasteiger partial charge in [0.05, 0.1) is 11.4 Å². The van der Waals surface area contributed by atoms with Gasteiger partial charge in [-0.3, -0.25) is 4.79 Å². The van der Waals surface area contributed by atoms with Gasteiger partial charge in [0.1, 0.15) is 18.7 Å². The molecule has 0 radical (unpaired) electrons. The van der Waals surface area contributed by atoms with Gasteiger partial charge < -0.3 is 4.74 Å². The fraction of sp³-hybridized carbons (Fsp3) is 0.0870. The maximum absolute atomic E-state index is 12.5. The monoisotopic (exact) mass is 490 g/mol. The highest BCUT2D eigenvalue weighted by Crippen LogP contribution is 2.17. The number of halogens is 1. The Morgan fingerprint density at radius 2 is 1.84 bits per heavy atom. The summed E-state index contributed by atoms with van der Waals surface area (Å²) in [7, 11) is 0. The van der Waals surface area contributed by atoms with Crippen LogP contribution in [0.1, 0.15) is 28.4 Å². The Labute approximate surface area is 193 Å². The van der Waals surface area contributed by atoms with E-state index in [1.807, 2.05) is 67.6 Å². The summed E-state index contributed by atoms with van der Waals surface area (Å²) in [4.78, 5) is 12.5. The Morgan fingerprint density at radius 3 is 2.56 bits per heavy atom. The van der Waals surface area contributed by atoms with Crippen molar-refractivity contribution in [1.29, 1.82) is 0 Å². The van der Waals surface area contributed by atoms with Crippen LogP contribution >= 0.6 is 15.9 Å². The van der Waals surface area contributed by atoms with Crippen LogP contribution in [0.5, 0.6) is 5.75 Å². The molecule has 0 fully saturated rings. The molecule has 9 heteroatoms. The number of hydrazone groups is 1. The first-order valence-electron chi connectivity index (χ1n) is 9.74. The molecular weight excluding hydrogens is 472 g/mol. The van der Waals surface area contributed by atoms with Crippen LogP contribution in [0, 0.1) is 0 Å². The lowest BCUT2D eigenvalue weighted by Gasteiger charge is -2.08. The lowest BCUT2D eigenvalue weighted by Crippen LogP contribution is -2.19. The van der Waals surface area contributed by atoms with E-state index in [1.165, 1.54) is 6.33 Å². The number of nitrogens with one attached hydrogen (secondary N) is 1. The van der Waals surface area contributed by atoms with Crippen LogP contribution in [-0.4, -0.2) is 31.8 Å². The van der Waals surface area contributed by atoms with E-state index in [9.17, 15) is 4.79 Å². The molecule has 0 bridgehead atoms. The zero-order chi connectivity index (χ0) is 22.3.